The summed E-state index contributed by atoms with van der Waals surface area (Å²) in [6.45, 7) is 7.20. The highest BCUT2D eigenvalue weighted by molar-refractivity contribution is 6.67. The van der Waals surface area contributed by atoms with E-state index in [1.165, 1.54) is 56.8 Å². The molecule has 8 N–H and O–H groups in total. The molecule has 0 radical (unpaired) electrons. The number of methoxy groups -OCH3 is 11. The van der Waals surface area contributed by atoms with E-state index in [1.807, 2.05) is 121 Å². The number of carbonyl (C=O) groups is 3. The molecule has 1 aliphatic carbocycles. The van der Waals surface area contributed by atoms with Gasteiger partial charge in [0.1, 0.15) is 57.5 Å². The number of fused-ring (bicyclic) bond motifs is 2. The van der Waals surface area contributed by atoms with Crippen LogP contribution in [0.3, 0.4) is 0 Å². The summed E-state index contributed by atoms with van der Waals surface area (Å²) < 4.78 is 58.2. The minimum absolute atomic E-state index is 0.0432. The van der Waals surface area contributed by atoms with Crippen LogP contribution >= 0.6 is 0 Å². The van der Waals surface area contributed by atoms with E-state index in [-0.39, 0.29) is 28.8 Å². The quantitative estimate of drug-likeness (QED) is 0.0118. The van der Waals surface area contributed by atoms with Crippen LogP contribution in [0.2, 0.25) is 40.9 Å². The van der Waals surface area contributed by atoms with Crippen molar-refractivity contribution in [2.24, 2.45) is 0 Å². The molecule has 1 aliphatic rings. The molecule has 0 aromatic heterocycles. The summed E-state index contributed by atoms with van der Waals surface area (Å²) in [5.41, 5.74) is 15.8. The van der Waals surface area contributed by atoms with Gasteiger partial charge in [0, 0.05) is 57.8 Å². The Bertz CT molecular complexity index is 6410. The van der Waals surface area contributed by atoms with Gasteiger partial charge in [0.2, 0.25) is 5.75 Å². The summed E-state index contributed by atoms with van der Waals surface area (Å²) >= 11 is 0. The average molecular weight is 1840 g/mol. The fourth-order valence-corrected chi connectivity index (χ4v) is 14.9. The topological polar surface area (TPSA) is 315 Å². The highest BCUT2D eigenvalue weighted by Crippen LogP contribution is 2.55. The molecule has 700 valence electrons. The summed E-state index contributed by atoms with van der Waals surface area (Å²) in [6, 6.07) is 84.0. The first-order valence-electron chi connectivity index (χ1n) is 44.3. The Morgan fingerprint density at radius 1 is 0.277 bits per heavy atom. The van der Waals surface area contributed by atoms with Crippen LogP contribution in [0, 0.1) is 0 Å². The van der Waals surface area contributed by atoms with Gasteiger partial charge < -0.3 is 92.5 Å². The van der Waals surface area contributed by atoms with Gasteiger partial charge in [-0.3, -0.25) is 14.4 Å². The first-order chi connectivity index (χ1) is 65.8. The molecule has 0 bridgehead atoms. The van der Waals surface area contributed by atoms with Gasteiger partial charge in [0.15, 0.2) is 28.8 Å². The lowest BCUT2D eigenvalue weighted by atomic mass is 9.64. The second-order valence-corrected chi connectivity index (χ2v) is 32.4. The minimum Gasteiger partial charge on any atom is -0.508 e. The maximum absolute atomic E-state index is 12.4. The van der Waals surface area contributed by atoms with Gasteiger partial charge in [-0.05, 0) is 203 Å². The number of carbonyl (C=O) groups excluding carboxylic acids is 3. The van der Waals surface area contributed by atoms with Gasteiger partial charge in [-0.25, -0.2) is 0 Å². The lowest BCUT2D eigenvalue weighted by molar-refractivity contribution is 0.104. The number of phenols is 2. The molecule has 0 aliphatic heterocycles. The van der Waals surface area contributed by atoms with Crippen LogP contribution < -0.4 is 84.9 Å². The largest absolute Gasteiger partial charge is 0.508 e. The van der Waals surface area contributed by atoms with E-state index in [4.69, 9.17) is 52.1 Å². The van der Waals surface area contributed by atoms with E-state index >= 15 is 0 Å². The monoisotopic (exact) mass is 1840 g/mol. The molecular weight excluding hydrogens is 1730 g/mol. The normalized spacial score (nSPS) is 12.1. The number of ether oxygens (including phenoxy) is 11. The molecule has 0 heterocycles. The lowest BCUT2D eigenvalue weighted by Gasteiger charge is -2.12. The number of phenolic OH excluding ortho intramolecular Hbond substituents is 2. The van der Waals surface area contributed by atoms with Gasteiger partial charge in [0.05, 0.1) is 78.2 Å². The zero-order valence-corrected chi connectivity index (χ0v) is 80.1. The molecule has 14 aromatic rings. The lowest BCUT2D eigenvalue weighted by Crippen LogP contribution is -2.26. The van der Waals surface area contributed by atoms with E-state index in [1.54, 1.807) is 219 Å². The summed E-state index contributed by atoms with van der Waals surface area (Å²) in [5, 5.41) is 80.5. The summed E-state index contributed by atoms with van der Waals surface area (Å²) in [5.74, 6) is 8.21. The van der Waals surface area contributed by atoms with Crippen LogP contribution in [0.4, 0.5) is 0 Å². The Balaban J connectivity index is 0.000000170. The molecule has 2 atom stereocenters. The predicted molar refractivity (Wildman–Crippen MR) is 557 cm³/mol. The molecule has 137 heavy (non-hydrogen) atoms. The summed E-state index contributed by atoms with van der Waals surface area (Å²) in [6.07, 6.45) is 10.7. The van der Waals surface area contributed by atoms with Crippen LogP contribution in [0.1, 0.15) is 77.1 Å². The zero-order valence-electron chi connectivity index (χ0n) is 80.1. The van der Waals surface area contributed by atoms with Gasteiger partial charge >= 0.3 is 41.5 Å². The summed E-state index contributed by atoms with van der Waals surface area (Å²) in [4.78, 5) is 36.8. The molecule has 22 nitrogen and oxygen atoms in total. The van der Waals surface area contributed by atoms with Crippen molar-refractivity contribution in [3.8, 4) is 97.0 Å². The van der Waals surface area contributed by atoms with Crippen LogP contribution in [0.25, 0.3) is 62.0 Å². The third-order valence-corrected chi connectivity index (χ3v) is 22.9. The number of aromatic hydroxyl groups is 2. The van der Waals surface area contributed by atoms with Crippen LogP contribution in [-0.4, -0.2) is 177 Å². The molecule has 0 spiro atoms. The smallest absolute Gasteiger partial charge is 0.320 e. The van der Waals surface area contributed by atoms with Crippen molar-refractivity contribution in [1.29, 1.82) is 0 Å². The maximum Gasteiger partial charge on any atom is 0.320 e. The molecule has 14 aromatic carbocycles. The fourth-order valence-electron chi connectivity index (χ4n) is 14.9. The SMILES string of the molecule is CB(O)c1ccc(-c2ccc3c(O)cc(O)cc3c2)cc1.COc1cc(/C=C/C(=O)c2ccc(B(C)O)cc2)cc(OC)c1.COc1cc(/C=C/C(=O)c2cccc(B(C)O)c2)cc(OC)c1.COc1cc(/C=C/C(=O)c2cccc(B(C)O)c2)cc(OC)c1OC.COc1cc(OC)c2ccc(-c3ccc(B(C)O)cc3)cc2c1.COc1cc(OC)cc(C2CC2c2ccc(B(C)O)cc2)c1. The summed E-state index contributed by atoms with van der Waals surface area (Å²) in [7, 11) is 17.6. The third kappa shape index (κ3) is 29.4. The average Bonchev–Trinajstić information content (AvgIpc) is 1.69. The molecule has 28 heteroatoms. The van der Waals surface area contributed by atoms with Crippen molar-refractivity contribution in [3.05, 3.63) is 336 Å². The van der Waals surface area contributed by atoms with Crippen molar-refractivity contribution in [2.75, 3.05) is 78.2 Å². The number of allylic oxidation sites excluding steroid dienone is 3. The Labute approximate surface area is 803 Å². The molecule has 2 unspecified atom stereocenters. The molecule has 1 fully saturated rings. The molecule has 15 rings (SSSR count). The maximum atomic E-state index is 12.4. The third-order valence-electron chi connectivity index (χ3n) is 22.9. The van der Waals surface area contributed by atoms with Crippen molar-refractivity contribution >= 4 is 131 Å². The minimum atomic E-state index is -0.619. The first-order valence-corrected chi connectivity index (χ1v) is 44.3. The number of hydrogen-bond acceptors (Lipinski definition) is 22. The second-order valence-electron chi connectivity index (χ2n) is 32.4. The van der Waals surface area contributed by atoms with Gasteiger partial charge in [-0.15, -0.1) is 0 Å². The van der Waals surface area contributed by atoms with Crippen molar-refractivity contribution in [3.63, 3.8) is 0 Å². The van der Waals surface area contributed by atoms with Crippen molar-refractivity contribution < 1.29 is 107 Å². The Morgan fingerprint density at radius 3 is 0.978 bits per heavy atom. The molecule has 0 amide bonds. The Morgan fingerprint density at radius 2 is 0.606 bits per heavy atom. The Hall–Kier alpha value is -14.6. The van der Waals surface area contributed by atoms with E-state index in [2.05, 4.69) is 42.5 Å². The van der Waals surface area contributed by atoms with Crippen LogP contribution in [-0.2, 0) is 0 Å². The highest BCUT2D eigenvalue weighted by atomic mass is 16.5. The second kappa shape index (κ2) is 50.6. The number of benzene rings is 14. The number of rotatable bonds is 30. The number of hydrogen-bond donors (Lipinski definition) is 8. The van der Waals surface area contributed by atoms with Gasteiger partial charge in [0.25, 0.3) is 0 Å². The standard InChI is InChI=1S/C19H21BO5.C19H19BO3.2C18H19BO4.C18H21BO3.C17H15BO3/c1-20(22)15-7-5-6-14(12-15)16(21)9-8-13-10-17(23-2)19(25-4)18(11-13)24-3;1-20(21)16-7-4-13(5-8-16)14-6-9-18-15(10-14)11-17(22-2)12-19(18)23-3;1-19(21)15-7-5-14(6-8-15)18(20)9-4-13-10-16(22-2)12-17(11-13)23-3;1-19(21)15-6-4-5-14(11-15)18(20)8-7-13-9-16(22-2)12-17(10-13)23-3;1-19(20)14-6-4-12(5-7-14)17-11-18(17)13-8-15(21-2)10-16(9-13)22-3;1-18(21)14-5-2-11(3-6-14)12-4-7-16-13(8-12)9-15(19)10-17(16)20/h5-12,22H,1-4H3;3*4-12,21H,1-3H3;4-10,17-18,20H,11H2,1-3H3;2-10,19-21H,1H3/b9-8+;;9-4+;8-7+;;. The Kier molecular flexibility index (Phi) is 38.6. The van der Waals surface area contributed by atoms with E-state index in [0.29, 0.717) is 85.1 Å². The van der Waals surface area contributed by atoms with Gasteiger partial charge in [-0.2, -0.15) is 0 Å². The molecule has 1 saturated carbocycles. The van der Waals surface area contributed by atoms with Crippen LogP contribution in [0.5, 0.6) is 74.7 Å². The molecule has 0 saturated heterocycles. The van der Waals surface area contributed by atoms with Crippen LogP contribution in [0.15, 0.2) is 291 Å². The number of ketones is 3. The highest BCUT2D eigenvalue weighted by Gasteiger charge is 2.40. The van der Waals surface area contributed by atoms with E-state index in [9.17, 15) is 54.7 Å². The van der Waals surface area contributed by atoms with Crippen molar-refractivity contribution in [2.45, 2.75) is 59.2 Å². The zero-order chi connectivity index (χ0) is 99.1. The predicted octanol–water partition coefficient (Wildman–Crippen LogP) is 16.1. The van der Waals surface area contributed by atoms with E-state index < -0.39 is 41.5 Å². The molecular formula is C109H114B6O22. The van der Waals surface area contributed by atoms with Crippen molar-refractivity contribution in [1.82, 2.24) is 0 Å². The fraction of sp³-hybridized carbons (Fsp3) is 0.183. The van der Waals surface area contributed by atoms with E-state index in [0.717, 1.165) is 106 Å². The van der Waals surface area contributed by atoms with Gasteiger partial charge in [-0.1, -0.05) is 229 Å². The first kappa shape index (κ1) is 104.